The Kier molecular flexibility index (Phi) is 7.33. The van der Waals surface area contributed by atoms with Gasteiger partial charge in [0.2, 0.25) is 0 Å². The molecule has 0 unspecified atom stereocenters. The molecule has 4 nitrogen and oxygen atoms in total. The maximum atomic E-state index is 9.73. The second kappa shape index (κ2) is 9.50. The Morgan fingerprint density at radius 2 is 1.96 bits per heavy atom. The molecule has 0 spiro atoms. The fourth-order valence-corrected chi connectivity index (χ4v) is 2.80. The van der Waals surface area contributed by atoms with Crippen LogP contribution in [0.1, 0.15) is 24.6 Å². The molecular formula is C19H28N2O2. The quantitative estimate of drug-likeness (QED) is 0.685. The maximum absolute atomic E-state index is 9.73. The van der Waals surface area contributed by atoms with Crippen LogP contribution in [0.15, 0.2) is 48.7 Å². The van der Waals surface area contributed by atoms with Crippen molar-refractivity contribution in [3.05, 3.63) is 59.9 Å². The van der Waals surface area contributed by atoms with Crippen molar-refractivity contribution in [2.75, 3.05) is 26.8 Å². The average molecular weight is 316 g/mol. The first kappa shape index (κ1) is 17.7. The summed E-state index contributed by atoms with van der Waals surface area (Å²) in [6, 6.07) is 14.7. The van der Waals surface area contributed by atoms with Gasteiger partial charge in [-0.15, -0.1) is 0 Å². The van der Waals surface area contributed by atoms with E-state index in [1.165, 1.54) is 11.3 Å². The lowest BCUT2D eigenvalue weighted by Crippen LogP contribution is -2.32. The topological polar surface area (TPSA) is 37.6 Å². The van der Waals surface area contributed by atoms with Crippen LogP contribution in [0.3, 0.4) is 0 Å². The zero-order valence-corrected chi connectivity index (χ0v) is 14.2. The number of rotatable bonds is 10. The van der Waals surface area contributed by atoms with E-state index in [0.717, 1.165) is 32.7 Å². The standard InChI is InChI=1S/C19H28N2O2/c1-17(22)14-20(11-7-13-23-2)16-19-10-6-12-21(19)15-18-8-4-3-5-9-18/h3-6,8-10,12,17,22H,7,11,13-16H2,1-2H3/t17-/m1/s1. The van der Waals surface area contributed by atoms with Gasteiger partial charge >= 0.3 is 0 Å². The third-order valence-corrected chi connectivity index (χ3v) is 3.85. The number of hydrogen-bond donors (Lipinski definition) is 1. The summed E-state index contributed by atoms with van der Waals surface area (Å²) in [5.41, 5.74) is 2.57. The second-order valence-electron chi connectivity index (χ2n) is 6.04. The molecule has 0 amide bonds. The molecule has 0 aliphatic heterocycles. The number of methoxy groups -OCH3 is 1. The lowest BCUT2D eigenvalue weighted by Gasteiger charge is -2.24. The van der Waals surface area contributed by atoms with Crippen LogP contribution >= 0.6 is 0 Å². The van der Waals surface area contributed by atoms with E-state index in [9.17, 15) is 5.11 Å². The number of benzene rings is 1. The molecule has 1 atom stereocenters. The summed E-state index contributed by atoms with van der Waals surface area (Å²) in [6.07, 6.45) is 2.77. The number of ether oxygens (including phenoxy) is 1. The van der Waals surface area contributed by atoms with Gasteiger partial charge in [0.25, 0.3) is 0 Å². The first-order valence-electron chi connectivity index (χ1n) is 8.26. The van der Waals surface area contributed by atoms with Gasteiger partial charge in [-0.05, 0) is 31.0 Å². The van der Waals surface area contributed by atoms with E-state index < -0.39 is 0 Å². The molecule has 1 N–H and O–H groups in total. The van der Waals surface area contributed by atoms with E-state index in [2.05, 4.69) is 52.1 Å². The van der Waals surface area contributed by atoms with Crippen molar-refractivity contribution in [3.8, 4) is 0 Å². The van der Waals surface area contributed by atoms with Crippen LogP contribution in [0.25, 0.3) is 0 Å². The molecule has 0 aliphatic rings. The highest BCUT2D eigenvalue weighted by atomic mass is 16.5. The van der Waals surface area contributed by atoms with Crippen molar-refractivity contribution in [2.24, 2.45) is 0 Å². The molecule has 0 saturated carbocycles. The van der Waals surface area contributed by atoms with E-state index in [1.807, 2.05) is 13.0 Å². The van der Waals surface area contributed by atoms with E-state index in [4.69, 9.17) is 4.74 Å². The van der Waals surface area contributed by atoms with E-state index >= 15 is 0 Å². The first-order chi connectivity index (χ1) is 11.2. The Labute approximate surface area is 139 Å². The predicted molar refractivity (Wildman–Crippen MR) is 93.4 cm³/mol. The lowest BCUT2D eigenvalue weighted by molar-refractivity contribution is 0.109. The summed E-state index contributed by atoms with van der Waals surface area (Å²) in [7, 11) is 1.73. The largest absolute Gasteiger partial charge is 0.392 e. The minimum absolute atomic E-state index is 0.324. The summed E-state index contributed by atoms with van der Waals surface area (Å²) in [6.45, 7) is 5.92. The van der Waals surface area contributed by atoms with Crippen LogP contribution < -0.4 is 0 Å². The van der Waals surface area contributed by atoms with Gasteiger partial charge in [0.15, 0.2) is 0 Å². The first-order valence-corrected chi connectivity index (χ1v) is 8.26. The fraction of sp³-hybridized carbons (Fsp3) is 0.474. The Morgan fingerprint density at radius 3 is 2.65 bits per heavy atom. The molecule has 23 heavy (non-hydrogen) atoms. The minimum Gasteiger partial charge on any atom is -0.392 e. The third-order valence-electron chi connectivity index (χ3n) is 3.85. The summed E-state index contributed by atoms with van der Waals surface area (Å²) < 4.78 is 7.42. The van der Waals surface area contributed by atoms with Crippen LogP contribution in [0.4, 0.5) is 0 Å². The molecule has 1 heterocycles. The number of nitrogens with zero attached hydrogens (tertiary/aromatic N) is 2. The van der Waals surface area contributed by atoms with E-state index in [1.54, 1.807) is 7.11 Å². The van der Waals surface area contributed by atoms with Gasteiger partial charge in [0, 0.05) is 51.8 Å². The van der Waals surface area contributed by atoms with Gasteiger partial charge in [-0.3, -0.25) is 4.90 Å². The molecule has 0 bridgehead atoms. The average Bonchev–Trinajstić information content (AvgIpc) is 2.95. The molecule has 0 radical (unpaired) electrons. The normalized spacial score (nSPS) is 12.7. The lowest BCUT2D eigenvalue weighted by atomic mass is 10.2. The van der Waals surface area contributed by atoms with Gasteiger partial charge in [-0.25, -0.2) is 0 Å². The van der Waals surface area contributed by atoms with Crippen LogP contribution in [0.5, 0.6) is 0 Å². The molecule has 4 heteroatoms. The van der Waals surface area contributed by atoms with Crippen molar-refractivity contribution in [3.63, 3.8) is 0 Å². The van der Waals surface area contributed by atoms with Crippen molar-refractivity contribution in [1.29, 1.82) is 0 Å². The zero-order chi connectivity index (χ0) is 16.5. The molecule has 1 aromatic carbocycles. The van der Waals surface area contributed by atoms with Crippen LogP contribution in [0, 0.1) is 0 Å². The highest BCUT2D eigenvalue weighted by Gasteiger charge is 2.11. The zero-order valence-electron chi connectivity index (χ0n) is 14.2. The second-order valence-corrected chi connectivity index (χ2v) is 6.04. The van der Waals surface area contributed by atoms with Crippen molar-refractivity contribution < 1.29 is 9.84 Å². The summed E-state index contributed by atoms with van der Waals surface area (Å²) >= 11 is 0. The SMILES string of the molecule is COCCCN(Cc1cccn1Cc1ccccc1)C[C@@H](C)O. The Balaban J connectivity index is 2.00. The minimum atomic E-state index is -0.324. The number of aromatic nitrogens is 1. The molecule has 0 saturated heterocycles. The monoisotopic (exact) mass is 316 g/mol. The van der Waals surface area contributed by atoms with Gasteiger partial charge in [0.1, 0.15) is 0 Å². The predicted octanol–water partition coefficient (Wildman–Crippen LogP) is 2.76. The van der Waals surface area contributed by atoms with Gasteiger partial charge < -0.3 is 14.4 Å². The van der Waals surface area contributed by atoms with Crippen molar-refractivity contribution in [2.45, 2.75) is 32.5 Å². The molecule has 2 aromatic rings. The molecule has 0 aliphatic carbocycles. The van der Waals surface area contributed by atoms with E-state index in [-0.39, 0.29) is 6.10 Å². The summed E-state index contributed by atoms with van der Waals surface area (Å²) in [5.74, 6) is 0. The molecule has 1 aromatic heterocycles. The Morgan fingerprint density at radius 1 is 1.17 bits per heavy atom. The summed E-state index contributed by atoms with van der Waals surface area (Å²) in [5, 5.41) is 9.73. The number of aliphatic hydroxyl groups is 1. The van der Waals surface area contributed by atoms with Gasteiger partial charge in [0.05, 0.1) is 6.10 Å². The van der Waals surface area contributed by atoms with E-state index in [0.29, 0.717) is 6.54 Å². The molecule has 0 fully saturated rings. The Hall–Kier alpha value is -1.62. The molecule has 2 rings (SSSR count). The van der Waals surface area contributed by atoms with Crippen LogP contribution in [0.2, 0.25) is 0 Å². The van der Waals surface area contributed by atoms with Crippen LogP contribution in [-0.4, -0.2) is 47.5 Å². The highest BCUT2D eigenvalue weighted by molar-refractivity contribution is 5.17. The van der Waals surface area contributed by atoms with Gasteiger partial charge in [-0.1, -0.05) is 30.3 Å². The smallest absolute Gasteiger partial charge is 0.0639 e. The fourth-order valence-electron chi connectivity index (χ4n) is 2.80. The van der Waals surface area contributed by atoms with Crippen LogP contribution in [-0.2, 0) is 17.8 Å². The summed E-state index contributed by atoms with van der Waals surface area (Å²) in [4.78, 5) is 2.29. The molecular weight excluding hydrogens is 288 g/mol. The highest BCUT2D eigenvalue weighted by Crippen LogP contribution is 2.11. The Bertz CT molecular complexity index is 552. The van der Waals surface area contributed by atoms with Crippen molar-refractivity contribution >= 4 is 0 Å². The number of aliphatic hydroxyl groups excluding tert-OH is 1. The van der Waals surface area contributed by atoms with Crippen molar-refractivity contribution in [1.82, 2.24) is 9.47 Å². The van der Waals surface area contributed by atoms with Gasteiger partial charge in [-0.2, -0.15) is 0 Å². The maximum Gasteiger partial charge on any atom is 0.0639 e. The molecule has 126 valence electrons. The third kappa shape index (κ3) is 6.18. The number of hydrogen-bond acceptors (Lipinski definition) is 3.